The SMILES string of the molecule is CC[C@@H](C[C@@H](CC)N(CC(C)C)C(O)C1CNC2CCSC2=C1NCCCOC)C(=O)N1CCOCC1. The van der Waals surface area contributed by atoms with Crippen molar-refractivity contribution in [3.05, 3.63) is 10.6 Å². The Morgan fingerprint density at radius 1 is 1.30 bits per heavy atom. The van der Waals surface area contributed by atoms with Crippen LogP contribution in [-0.4, -0.2) is 105 Å². The highest BCUT2D eigenvalue weighted by Gasteiger charge is 2.40. The minimum absolute atomic E-state index is 0.0257. The van der Waals surface area contributed by atoms with E-state index in [-0.39, 0.29) is 23.8 Å². The maximum Gasteiger partial charge on any atom is 0.225 e. The summed E-state index contributed by atoms with van der Waals surface area (Å²) in [7, 11) is 1.74. The number of methoxy groups -OCH3 is 1. The molecule has 3 aliphatic heterocycles. The fraction of sp³-hybridized carbons (Fsp3) is 0.893. The van der Waals surface area contributed by atoms with Gasteiger partial charge in [0.2, 0.25) is 5.91 Å². The van der Waals surface area contributed by atoms with Gasteiger partial charge in [0.15, 0.2) is 0 Å². The molecule has 3 unspecified atom stereocenters. The van der Waals surface area contributed by atoms with Gasteiger partial charge in [-0.3, -0.25) is 9.69 Å². The van der Waals surface area contributed by atoms with Crippen molar-refractivity contribution >= 4 is 17.7 Å². The maximum atomic E-state index is 13.4. The minimum Gasteiger partial charge on any atom is -0.387 e. The maximum absolute atomic E-state index is 13.4. The van der Waals surface area contributed by atoms with E-state index >= 15 is 0 Å². The van der Waals surface area contributed by atoms with Crippen LogP contribution in [0, 0.1) is 17.8 Å². The van der Waals surface area contributed by atoms with Crippen molar-refractivity contribution in [2.24, 2.45) is 17.8 Å². The van der Waals surface area contributed by atoms with Crippen LogP contribution in [0.15, 0.2) is 10.6 Å². The molecular formula is C28H52N4O4S. The number of ether oxygens (including phenoxy) is 2. The lowest BCUT2D eigenvalue weighted by atomic mass is 9.89. The molecule has 214 valence electrons. The number of morpholine rings is 1. The molecule has 9 heteroatoms. The molecule has 3 rings (SSSR count). The number of thioether (sulfide) groups is 1. The second-order valence-electron chi connectivity index (χ2n) is 11.1. The predicted molar refractivity (Wildman–Crippen MR) is 151 cm³/mol. The van der Waals surface area contributed by atoms with Gasteiger partial charge in [0.1, 0.15) is 6.23 Å². The van der Waals surface area contributed by atoms with E-state index in [1.807, 2.05) is 16.7 Å². The first kappa shape index (κ1) is 30.7. The molecule has 0 aromatic heterocycles. The molecule has 1 amide bonds. The number of nitrogens with one attached hydrogen (secondary N) is 2. The predicted octanol–water partition coefficient (Wildman–Crippen LogP) is 2.88. The summed E-state index contributed by atoms with van der Waals surface area (Å²) < 4.78 is 10.7. The van der Waals surface area contributed by atoms with Crippen LogP contribution in [0.4, 0.5) is 0 Å². The number of carbonyl (C=O) groups is 1. The minimum atomic E-state index is -0.615. The third-order valence-corrected chi connectivity index (χ3v) is 9.23. The highest BCUT2D eigenvalue weighted by molar-refractivity contribution is 8.03. The number of aliphatic hydroxyl groups is 1. The molecule has 0 spiro atoms. The van der Waals surface area contributed by atoms with Crippen LogP contribution in [0.1, 0.15) is 59.8 Å². The monoisotopic (exact) mass is 540 g/mol. The lowest BCUT2D eigenvalue weighted by Crippen LogP contribution is -2.55. The van der Waals surface area contributed by atoms with Gasteiger partial charge in [-0.25, -0.2) is 0 Å². The molecule has 3 N–H and O–H groups in total. The Balaban J connectivity index is 1.79. The van der Waals surface area contributed by atoms with E-state index in [1.54, 1.807) is 7.11 Å². The van der Waals surface area contributed by atoms with E-state index < -0.39 is 6.23 Å². The largest absolute Gasteiger partial charge is 0.387 e. The molecule has 2 fully saturated rings. The highest BCUT2D eigenvalue weighted by atomic mass is 32.2. The first-order valence-corrected chi connectivity index (χ1v) is 15.5. The van der Waals surface area contributed by atoms with Crippen LogP contribution in [0.2, 0.25) is 0 Å². The molecule has 2 saturated heterocycles. The van der Waals surface area contributed by atoms with Gasteiger partial charge in [-0.2, -0.15) is 0 Å². The van der Waals surface area contributed by atoms with Gasteiger partial charge in [0.05, 0.1) is 19.1 Å². The van der Waals surface area contributed by atoms with Crippen molar-refractivity contribution in [2.75, 3.05) is 65.4 Å². The Labute approximate surface area is 229 Å². The van der Waals surface area contributed by atoms with Crippen LogP contribution in [0.3, 0.4) is 0 Å². The summed E-state index contributed by atoms with van der Waals surface area (Å²) in [5.74, 6) is 1.72. The second-order valence-corrected chi connectivity index (χ2v) is 12.2. The zero-order valence-corrected chi connectivity index (χ0v) is 24.7. The quantitative estimate of drug-likeness (QED) is 0.216. The number of nitrogens with zero attached hydrogens (tertiary/aromatic N) is 2. The lowest BCUT2D eigenvalue weighted by Gasteiger charge is -2.44. The Kier molecular flexibility index (Phi) is 13.0. The molecule has 0 aliphatic carbocycles. The van der Waals surface area contributed by atoms with Gasteiger partial charge in [0.25, 0.3) is 0 Å². The first-order chi connectivity index (χ1) is 17.9. The van der Waals surface area contributed by atoms with Crippen LogP contribution in [-0.2, 0) is 14.3 Å². The summed E-state index contributed by atoms with van der Waals surface area (Å²) in [5, 5.41) is 19.5. The molecule has 37 heavy (non-hydrogen) atoms. The zero-order valence-electron chi connectivity index (χ0n) is 23.8. The lowest BCUT2D eigenvalue weighted by molar-refractivity contribution is -0.141. The topological polar surface area (TPSA) is 86.3 Å². The second kappa shape index (κ2) is 15.7. The van der Waals surface area contributed by atoms with Crippen molar-refractivity contribution in [3.63, 3.8) is 0 Å². The summed E-state index contributed by atoms with van der Waals surface area (Å²) in [6, 6.07) is 0.538. The van der Waals surface area contributed by atoms with E-state index in [0.717, 1.165) is 64.1 Å². The van der Waals surface area contributed by atoms with Crippen LogP contribution in [0.25, 0.3) is 0 Å². The number of rotatable bonds is 15. The zero-order chi connectivity index (χ0) is 26.8. The van der Waals surface area contributed by atoms with Gasteiger partial charge >= 0.3 is 0 Å². The van der Waals surface area contributed by atoms with E-state index in [9.17, 15) is 9.90 Å². The number of aliphatic hydroxyl groups excluding tert-OH is 1. The molecule has 3 heterocycles. The van der Waals surface area contributed by atoms with Crippen LogP contribution in [0.5, 0.6) is 0 Å². The van der Waals surface area contributed by atoms with Gasteiger partial charge in [-0.05, 0) is 43.8 Å². The molecular weight excluding hydrogens is 488 g/mol. The normalized spacial score (nSPS) is 24.9. The van der Waals surface area contributed by atoms with Crippen molar-refractivity contribution in [1.29, 1.82) is 0 Å². The van der Waals surface area contributed by atoms with Crippen LogP contribution >= 0.6 is 11.8 Å². The van der Waals surface area contributed by atoms with E-state index in [1.165, 1.54) is 10.6 Å². The summed E-state index contributed by atoms with van der Waals surface area (Å²) >= 11 is 1.93. The number of amides is 1. The van der Waals surface area contributed by atoms with E-state index in [2.05, 4.69) is 43.2 Å². The molecule has 3 aliphatic rings. The van der Waals surface area contributed by atoms with Gasteiger partial charge in [-0.1, -0.05) is 27.7 Å². The molecule has 5 atom stereocenters. The fourth-order valence-corrected chi connectivity index (χ4v) is 7.27. The van der Waals surface area contributed by atoms with Crippen LogP contribution < -0.4 is 10.6 Å². The standard InChI is InChI=1S/C28H52N4O4S/c1-6-21(27(33)31-11-14-36-15-12-31)17-22(7-2)32(19-20(3)4)28(34)23-18-30-24-9-16-37-26(24)25(23)29-10-8-13-35-5/h20-24,28-30,34H,6-19H2,1-5H3/t21-,22+,23?,24?,28?/m0/s1. The van der Waals surface area contributed by atoms with Gasteiger partial charge < -0.3 is 30.1 Å². The molecule has 0 radical (unpaired) electrons. The average molecular weight is 541 g/mol. The molecule has 0 aromatic carbocycles. The number of carbonyl (C=O) groups excluding carboxylic acids is 1. The number of hydrogen-bond donors (Lipinski definition) is 3. The van der Waals surface area contributed by atoms with Gasteiger partial charge in [-0.15, -0.1) is 11.8 Å². The summed E-state index contributed by atoms with van der Waals surface area (Å²) in [6.45, 7) is 14.5. The smallest absolute Gasteiger partial charge is 0.225 e. The van der Waals surface area contributed by atoms with E-state index in [0.29, 0.717) is 38.3 Å². The summed E-state index contributed by atoms with van der Waals surface area (Å²) in [6.07, 6.45) is 3.96. The Morgan fingerprint density at radius 3 is 2.70 bits per heavy atom. The average Bonchev–Trinajstić information content (AvgIpc) is 3.40. The van der Waals surface area contributed by atoms with Crippen molar-refractivity contribution in [3.8, 4) is 0 Å². The van der Waals surface area contributed by atoms with Crippen molar-refractivity contribution in [1.82, 2.24) is 20.4 Å². The van der Waals surface area contributed by atoms with E-state index in [4.69, 9.17) is 9.47 Å². The number of fused-ring (bicyclic) bond motifs is 1. The summed E-state index contributed by atoms with van der Waals surface area (Å²) in [5.41, 5.74) is 1.22. The third-order valence-electron chi connectivity index (χ3n) is 7.98. The molecule has 0 aromatic rings. The Bertz CT molecular complexity index is 731. The highest BCUT2D eigenvalue weighted by Crippen LogP contribution is 2.39. The fourth-order valence-electron chi connectivity index (χ4n) is 5.92. The molecule has 0 bridgehead atoms. The molecule has 8 nitrogen and oxygen atoms in total. The Hall–Kier alpha value is -0.840. The summed E-state index contributed by atoms with van der Waals surface area (Å²) in [4.78, 5) is 19.1. The third kappa shape index (κ3) is 8.32. The van der Waals surface area contributed by atoms with Crippen molar-refractivity contribution in [2.45, 2.75) is 78.1 Å². The number of hydrogen-bond acceptors (Lipinski definition) is 8. The van der Waals surface area contributed by atoms with Crippen molar-refractivity contribution < 1.29 is 19.4 Å². The Morgan fingerprint density at radius 2 is 2.05 bits per heavy atom. The molecule has 0 saturated carbocycles. The first-order valence-electron chi connectivity index (χ1n) is 14.5. The van der Waals surface area contributed by atoms with Gasteiger partial charge in [0, 0.05) is 75.0 Å².